The van der Waals surface area contributed by atoms with Gasteiger partial charge in [-0.2, -0.15) is 0 Å². The normalized spacial score (nSPS) is 10.4. The third-order valence-electron chi connectivity index (χ3n) is 3.35. The number of benzene rings is 2. The Morgan fingerprint density at radius 3 is 2.86 bits per heavy atom. The molecule has 0 saturated heterocycles. The first-order valence-electron chi connectivity index (χ1n) is 7.10. The predicted octanol–water partition coefficient (Wildman–Crippen LogP) is 3.81. The Hall–Kier alpha value is -2.88. The molecule has 1 aromatic heterocycles. The van der Waals surface area contributed by atoms with Gasteiger partial charge >= 0.3 is 0 Å². The molecule has 3 rings (SSSR count). The van der Waals surface area contributed by atoms with E-state index in [9.17, 15) is 0 Å². The maximum atomic E-state index is 5.55. The molecule has 0 radical (unpaired) electrons. The van der Waals surface area contributed by atoms with Crippen LogP contribution in [0, 0.1) is 6.92 Å². The molecule has 3 aromatic rings. The molecule has 0 unspecified atom stereocenters. The molecule has 0 saturated carbocycles. The largest absolute Gasteiger partial charge is 0.490 e. The fourth-order valence-electron chi connectivity index (χ4n) is 2.23. The van der Waals surface area contributed by atoms with Crippen LogP contribution in [0.3, 0.4) is 0 Å². The number of aryl methyl sites for hydroxylation is 1. The van der Waals surface area contributed by atoms with E-state index < -0.39 is 0 Å². The summed E-state index contributed by atoms with van der Waals surface area (Å²) in [5.74, 6) is 0.794. The van der Waals surface area contributed by atoms with Crippen molar-refractivity contribution in [3.63, 3.8) is 0 Å². The molecule has 0 atom stereocenters. The van der Waals surface area contributed by atoms with Crippen LogP contribution in [0.5, 0.6) is 5.75 Å². The maximum Gasteiger partial charge on any atom is 0.120 e. The summed E-state index contributed by atoms with van der Waals surface area (Å²) in [5.41, 5.74) is 3.97. The Balaban J connectivity index is 1.91. The monoisotopic (exact) mass is 291 g/mol. The van der Waals surface area contributed by atoms with Crippen molar-refractivity contribution in [3.8, 4) is 22.7 Å². The maximum absolute atomic E-state index is 5.55. The van der Waals surface area contributed by atoms with Crippen molar-refractivity contribution >= 4 is 0 Å². The lowest BCUT2D eigenvalue weighted by Crippen LogP contribution is -1.97. The average molecular weight is 291 g/mol. The van der Waals surface area contributed by atoms with Gasteiger partial charge in [-0.3, -0.25) is 0 Å². The number of ether oxygens (including phenoxy) is 1. The van der Waals surface area contributed by atoms with Gasteiger partial charge in [0.1, 0.15) is 18.1 Å². The Labute approximate surface area is 129 Å². The molecule has 0 fully saturated rings. The minimum atomic E-state index is 0.485. The van der Waals surface area contributed by atoms with Crippen molar-refractivity contribution in [1.82, 2.24) is 15.0 Å². The summed E-state index contributed by atoms with van der Waals surface area (Å²) in [4.78, 5) is 0. The molecule has 1 heterocycles. The fraction of sp³-hybridized carbons (Fsp3) is 0.111. The van der Waals surface area contributed by atoms with E-state index in [4.69, 9.17) is 4.74 Å². The molecule has 0 bridgehead atoms. The Kier molecular flexibility index (Phi) is 4.01. The van der Waals surface area contributed by atoms with Crippen molar-refractivity contribution in [2.45, 2.75) is 6.92 Å². The third kappa shape index (κ3) is 2.91. The molecule has 4 heteroatoms. The summed E-state index contributed by atoms with van der Waals surface area (Å²) in [6.45, 7) is 6.19. The smallest absolute Gasteiger partial charge is 0.120 e. The van der Waals surface area contributed by atoms with Gasteiger partial charge in [0.25, 0.3) is 0 Å². The summed E-state index contributed by atoms with van der Waals surface area (Å²) in [5, 5.41) is 8.49. The Bertz CT molecular complexity index is 792. The molecule has 0 N–H and O–H groups in total. The number of nitrogens with zero attached hydrogens (tertiary/aromatic N) is 3. The highest BCUT2D eigenvalue weighted by Crippen LogP contribution is 2.23. The number of rotatable bonds is 5. The van der Waals surface area contributed by atoms with Crippen LogP contribution < -0.4 is 4.74 Å². The second kappa shape index (κ2) is 6.26. The van der Waals surface area contributed by atoms with Crippen LogP contribution in [0.15, 0.2) is 67.4 Å². The molecule has 0 spiro atoms. The lowest BCUT2D eigenvalue weighted by atomic mass is 10.1. The van der Waals surface area contributed by atoms with Gasteiger partial charge in [0, 0.05) is 5.56 Å². The highest BCUT2D eigenvalue weighted by molar-refractivity contribution is 5.60. The molecule has 0 aliphatic heterocycles. The van der Waals surface area contributed by atoms with Crippen molar-refractivity contribution in [2.75, 3.05) is 6.61 Å². The number of hydrogen-bond acceptors (Lipinski definition) is 3. The number of aromatic nitrogens is 3. The van der Waals surface area contributed by atoms with Gasteiger partial charge in [-0.1, -0.05) is 48.2 Å². The Morgan fingerprint density at radius 2 is 2.05 bits per heavy atom. The van der Waals surface area contributed by atoms with E-state index in [1.807, 2.05) is 48.7 Å². The van der Waals surface area contributed by atoms with Gasteiger partial charge in [-0.15, -0.1) is 5.10 Å². The van der Waals surface area contributed by atoms with E-state index in [-0.39, 0.29) is 0 Å². The van der Waals surface area contributed by atoms with Gasteiger partial charge in [0.05, 0.1) is 11.9 Å². The van der Waals surface area contributed by atoms with Crippen LogP contribution in [0.25, 0.3) is 16.9 Å². The molecule has 110 valence electrons. The molecule has 0 aliphatic carbocycles. The zero-order chi connectivity index (χ0) is 15.4. The highest BCUT2D eigenvalue weighted by atomic mass is 16.5. The van der Waals surface area contributed by atoms with Crippen LogP contribution in [0.4, 0.5) is 0 Å². The SMILES string of the molecule is C=CCOc1cccc(-c2cn(-c3ccccc3C)nn2)c1. The fourth-order valence-corrected chi connectivity index (χ4v) is 2.23. The predicted molar refractivity (Wildman–Crippen MR) is 87.2 cm³/mol. The van der Waals surface area contributed by atoms with Crippen LogP contribution in [0.1, 0.15) is 5.56 Å². The van der Waals surface area contributed by atoms with Crippen molar-refractivity contribution in [3.05, 3.63) is 72.9 Å². The zero-order valence-electron chi connectivity index (χ0n) is 12.4. The minimum Gasteiger partial charge on any atom is -0.490 e. The average Bonchev–Trinajstić information content (AvgIpc) is 3.03. The van der Waals surface area contributed by atoms with E-state index >= 15 is 0 Å². The highest BCUT2D eigenvalue weighted by Gasteiger charge is 2.07. The summed E-state index contributed by atoms with van der Waals surface area (Å²) < 4.78 is 7.35. The standard InChI is InChI=1S/C18H17N3O/c1-3-11-22-16-9-6-8-15(12-16)17-13-21(20-19-17)18-10-5-4-7-14(18)2/h3-10,12-13H,1,11H2,2H3. The van der Waals surface area contributed by atoms with Gasteiger partial charge in [0.15, 0.2) is 0 Å². The first-order chi connectivity index (χ1) is 10.8. The van der Waals surface area contributed by atoms with E-state index in [1.165, 1.54) is 0 Å². The topological polar surface area (TPSA) is 39.9 Å². The van der Waals surface area contributed by atoms with Crippen LogP contribution in [-0.2, 0) is 0 Å². The molecule has 0 amide bonds. The zero-order valence-corrected chi connectivity index (χ0v) is 12.4. The van der Waals surface area contributed by atoms with Crippen molar-refractivity contribution in [2.24, 2.45) is 0 Å². The van der Waals surface area contributed by atoms with E-state index in [1.54, 1.807) is 10.8 Å². The van der Waals surface area contributed by atoms with Gasteiger partial charge in [-0.25, -0.2) is 4.68 Å². The van der Waals surface area contributed by atoms with Crippen LogP contribution in [0.2, 0.25) is 0 Å². The summed E-state index contributed by atoms with van der Waals surface area (Å²) >= 11 is 0. The molecule has 2 aromatic carbocycles. The first-order valence-corrected chi connectivity index (χ1v) is 7.10. The Morgan fingerprint density at radius 1 is 1.18 bits per heavy atom. The summed E-state index contributed by atoms with van der Waals surface area (Å²) in [6.07, 6.45) is 3.65. The van der Waals surface area contributed by atoms with E-state index in [2.05, 4.69) is 29.9 Å². The molecule has 0 aliphatic rings. The van der Waals surface area contributed by atoms with Gasteiger partial charge < -0.3 is 4.74 Å². The van der Waals surface area contributed by atoms with Crippen LogP contribution in [-0.4, -0.2) is 21.6 Å². The molecular weight excluding hydrogens is 274 g/mol. The molecule has 4 nitrogen and oxygen atoms in total. The van der Waals surface area contributed by atoms with E-state index in [0.29, 0.717) is 6.61 Å². The second-order valence-corrected chi connectivity index (χ2v) is 4.96. The molecule has 22 heavy (non-hydrogen) atoms. The van der Waals surface area contributed by atoms with Crippen molar-refractivity contribution in [1.29, 1.82) is 0 Å². The quantitative estimate of drug-likeness (QED) is 0.671. The minimum absolute atomic E-state index is 0.485. The number of hydrogen-bond donors (Lipinski definition) is 0. The molecular formula is C18H17N3O. The summed E-state index contributed by atoms with van der Waals surface area (Å²) in [7, 11) is 0. The van der Waals surface area contributed by atoms with Gasteiger partial charge in [0.2, 0.25) is 0 Å². The van der Waals surface area contributed by atoms with E-state index in [0.717, 1.165) is 28.3 Å². The summed E-state index contributed by atoms with van der Waals surface area (Å²) in [6, 6.07) is 15.9. The van der Waals surface area contributed by atoms with Crippen LogP contribution >= 0.6 is 0 Å². The van der Waals surface area contributed by atoms with Gasteiger partial charge in [-0.05, 0) is 30.7 Å². The first kappa shape index (κ1) is 14.1. The number of para-hydroxylation sites is 1. The lowest BCUT2D eigenvalue weighted by Gasteiger charge is -2.04. The third-order valence-corrected chi connectivity index (χ3v) is 3.35. The second-order valence-electron chi connectivity index (χ2n) is 4.96. The lowest BCUT2D eigenvalue weighted by molar-refractivity contribution is 0.363. The van der Waals surface area contributed by atoms with Crippen molar-refractivity contribution < 1.29 is 4.74 Å².